The average molecular weight is 369 g/mol. The molecule has 26 heavy (non-hydrogen) atoms. The minimum absolute atomic E-state index is 0.107. The Balaban J connectivity index is 2.02. The topological polar surface area (TPSA) is 66.8 Å². The van der Waals surface area contributed by atoms with Crippen molar-refractivity contribution >= 4 is 11.9 Å². The molecule has 1 aliphatic carbocycles. The largest absolute Gasteiger partial charge is 0.481 e. The summed E-state index contributed by atoms with van der Waals surface area (Å²) in [5.41, 5.74) is 0.338. The van der Waals surface area contributed by atoms with Crippen LogP contribution in [0.2, 0.25) is 0 Å². The van der Waals surface area contributed by atoms with Crippen molar-refractivity contribution in [2.75, 3.05) is 26.3 Å². The summed E-state index contributed by atoms with van der Waals surface area (Å²) < 4.78 is 32.2. The quantitative estimate of drug-likeness (QED) is 0.644. The second-order valence-electron chi connectivity index (χ2n) is 6.69. The number of amides is 1. The molecule has 1 aromatic carbocycles. The number of halogens is 2. The number of carboxylic acids is 1. The zero-order valence-electron chi connectivity index (χ0n) is 15.1. The first-order chi connectivity index (χ1) is 12.3. The maximum absolute atomic E-state index is 13.9. The summed E-state index contributed by atoms with van der Waals surface area (Å²) in [4.78, 5) is 25.5. The molecule has 0 aromatic heterocycles. The molecule has 1 saturated carbocycles. The van der Waals surface area contributed by atoms with Crippen LogP contribution in [0.15, 0.2) is 18.2 Å². The van der Waals surface area contributed by atoms with E-state index in [1.165, 1.54) is 17.0 Å². The number of hydrogen-bond acceptors (Lipinski definition) is 3. The molecule has 0 spiro atoms. The van der Waals surface area contributed by atoms with Gasteiger partial charge < -0.3 is 14.7 Å². The molecule has 0 radical (unpaired) electrons. The van der Waals surface area contributed by atoms with Crippen molar-refractivity contribution in [2.45, 2.75) is 32.6 Å². The van der Waals surface area contributed by atoms with Crippen LogP contribution in [0, 0.1) is 23.5 Å². The van der Waals surface area contributed by atoms with Crippen LogP contribution in [-0.2, 0) is 14.3 Å². The number of benzene rings is 1. The van der Waals surface area contributed by atoms with Crippen LogP contribution in [0.5, 0.6) is 0 Å². The first-order valence-corrected chi connectivity index (χ1v) is 8.89. The van der Waals surface area contributed by atoms with Gasteiger partial charge in [-0.25, -0.2) is 8.78 Å². The summed E-state index contributed by atoms with van der Waals surface area (Å²) in [6.07, 6.45) is 1.10. The van der Waals surface area contributed by atoms with E-state index in [4.69, 9.17) is 9.84 Å². The van der Waals surface area contributed by atoms with Gasteiger partial charge >= 0.3 is 5.97 Å². The maximum Gasteiger partial charge on any atom is 0.308 e. The van der Waals surface area contributed by atoms with Crippen LogP contribution in [0.4, 0.5) is 8.78 Å². The normalized spacial score (nSPS) is 19.8. The Morgan fingerprint density at radius 1 is 1.38 bits per heavy atom. The Morgan fingerprint density at radius 3 is 2.73 bits per heavy atom. The highest BCUT2D eigenvalue weighted by molar-refractivity contribution is 5.83. The average Bonchev–Trinajstić information content (AvgIpc) is 3.37. The van der Waals surface area contributed by atoms with Gasteiger partial charge in [-0.3, -0.25) is 9.59 Å². The van der Waals surface area contributed by atoms with Gasteiger partial charge in [-0.15, -0.1) is 0 Å². The Morgan fingerprint density at radius 2 is 2.12 bits per heavy atom. The predicted molar refractivity (Wildman–Crippen MR) is 91.7 cm³/mol. The van der Waals surface area contributed by atoms with E-state index in [-0.39, 0.29) is 24.3 Å². The molecule has 3 unspecified atom stereocenters. The molecular weight excluding hydrogens is 344 g/mol. The molecule has 0 heterocycles. The lowest BCUT2D eigenvalue weighted by Crippen LogP contribution is -2.39. The lowest BCUT2D eigenvalue weighted by atomic mass is 10.1. The number of nitrogens with zero attached hydrogens (tertiary/aromatic N) is 1. The SMILES string of the molecule is CCOCCCN(CC(C)C(=O)O)C(=O)C1CC1c1ccc(F)cc1F. The Labute approximate surface area is 151 Å². The third kappa shape index (κ3) is 5.24. The van der Waals surface area contributed by atoms with E-state index in [0.29, 0.717) is 38.2 Å². The molecule has 144 valence electrons. The zero-order chi connectivity index (χ0) is 19.3. The number of aliphatic carboxylic acids is 1. The fourth-order valence-corrected chi connectivity index (χ4v) is 3.05. The molecule has 0 aliphatic heterocycles. The van der Waals surface area contributed by atoms with Gasteiger partial charge in [0.25, 0.3) is 0 Å². The van der Waals surface area contributed by atoms with E-state index in [1.807, 2.05) is 6.92 Å². The monoisotopic (exact) mass is 369 g/mol. The summed E-state index contributed by atoms with van der Waals surface area (Å²) >= 11 is 0. The van der Waals surface area contributed by atoms with Crippen LogP contribution in [-0.4, -0.2) is 48.2 Å². The number of carbonyl (C=O) groups excluding carboxylic acids is 1. The standard InChI is InChI=1S/C19H25F2NO4/c1-3-26-8-4-7-22(11-12(2)19(24)25)18(23)16-10-15(16)14-6-5-13(20)9-17(14)21/h5-6,9,12,15-16H,3-4,7-8,10-11H2,1-2H3,(H,24,25). The van der Waals surface area contributed by atoms with E-state index in [1.54, 1.807) is 6.92 Å². The van der Waals surface area contributed by atoms with Crippen molar-refractivity contribution in [2.24, 2.45) is 11.8 Å². The number of carbonyl (C=O) groups is 2. The Kier molecular flexibility index (Phi) is 7.08. The molecule has 2 rings (SSSR count). The van der Waals surface area contributed by atoms with Crippen molar-refractivity contribution in [3.05, 3.63) is 35.4 Å². The van der Waals surface area contributed by atoms with E-state index in [0.717, 1.165) is 6.07 Å². The molecule has 7 heteroatoms. The van der Waals surface area contributed by atoms with Gasteiger partial charge in [-0.05, 0) is 37.3 Å². The van der Waals surface area contributed by atoms with Crippen LogP contribution in [0.1, 0.15) is 38.2 Å². The summed E-state index contributed by atoms with van der Waals surface area (Å²) in [5.74, 6) is -3.80. The molecule has 3 atom stereocenters. The molecular formula is C19H25F2NO4. The third-order valence-corrected chi connectivity index (χ3v) is 4.62. The van der Waals surface area contributed by atoms with E-state index >= 15 is 0 Å². The van der Waals surface area contributed by atoms with Gasteiger partial charge in [-0.2, -0.15) is 0 Å². The summed E-state index contributed by atoms with van der Waals surface area (Å²) in [6, 6.07) is 3.38. The lowest BCUT2D eigenvalue weighted by Gasteiger charge is -2.25. The number of rotatable bonds is 10. The number of ether oxygens (including phenoxy) is 1. The first-order valence-electron chi connectivity index (χ1n) is 8.89. The molecule has 1 N–H and O–H groups in total. The molecule has 1 aromatic rings. The smallest absolute Gasteiger partial charge is 0.308 e. The highest BCUT2D eigenvalue weighted by Gasteiger charge is 2.47. The summed E-state index contributed by atoms with van der Waals surface area (Å²) in [6.45, 7) is 4.99. The van der Waals surface area contributed by atoms with Gasteiger partial charge in [0, 0.05) is 38.3 Å². The van der Waals surface area contributed by atoms with Gasteiger partial charge in [0.05, 0.1) is 5.92 Å². The summed E-state index contributed by atoms with van der Waals surface area (Å²) in [7, 11) is 0. The second kappa shape index (κ2) is 9.07. The number of hydrogen-bond donors (Lipinski definition) is 1. The van der Waals surface area contributed by atoms with Crippen molar-refractivity contribution in [3.63, 3.8) is 0 Å². The van der Waals surface area contributed by atoms with Gasteiger partial charge in [0.1, 0.15) is 11.6 Å². The highest BCUT2D eigenvalue weighted by atomic mass is 19.1. The number of carboxylic acid groups (broad SMARTS) is 1. The fourth-order valence-electron chi connectivity index (χ4n) is 3.05. The fraction of sp³-hybridized carbons (Fsp3) is 0.579. The minimum Gasteiger partial charge on any atom is -0.481 e. The summed E-state index contributed by atoms with van der Waals surface area (Å²) in [5, 5.41) is 9.12. The first kappa shape index (κ1) is 20.3. The van der Waals surface area contributed by atoms with E-state index < -0.39 is 23.5 Å². The molecule has 5 nitrogen and oxygen atoms in total. The van der Waals surface area contributed by atoms with Gasteiger partial charge in [-0.1, -0.05) is 13.0 Å². The van der Waals surface area contributed by atoms with Gasteiger partial charge in [0.15, 0.2) is 0 Å². The third-order valence-electron chi connectivity index (χ3n) is 4.62. The molecule has 0 saturated heterocycles. The zero-order valence-corrected chi connectivity index (χ0v) is 15.1. The van der Waals surface area contributed by atoms with Crippen LogP contribution < -0.4 is 0 Å². The lowest BCUT2D eigenvalue weighted by molar-refractivity contribution is -0.143. The van der Waals surface area contributed by atoms with Gasteiger partial charge in [0.2, 0.25) is 5.91 Å². The second-order valence-corrected chi connectivity index (χ2v) is 6.69. The van der Waals surface area contributed by atoms with Crippen LogP contribution >= 0.6 is 0 Å². The van der Waals surface area contributed by atoms with Crippen molar-refractivity contribution < 1.29 is 28.2 Å². The minimum atomic E-state index is -0.968. The van der Waals surface area contributed by atoms with Crippen molar-refractivity contribution in [3.8, 4) is 0 Å². The molecule has 0 bridgehead atoms. The maximum atomic E-state index is 13.9. The molecule has 1 aliphatic rings. The highest BCUT2D eigenvalue weighted by Crippen LogP contribution is 2.49. The predicted octanol–water partition coefficient (Wildman–Crippen LogP) is 3.04. The Hall–Kier alpha value is -2.02. The molecule has 1 fully saturated rings. The van der Waals surface area contributed by atoms with Crippen LogP contribution in [0.3, 0.4) is 0 Å². The van der Waals surface area contributed by atoms with E-state index in [9.17, 15) is 18.4 Å². The van der Waals surface area contributed by atoms with Crippen LogP contribution in [0.25, 0.3) is 0 Å². The Bertz CT molecular complexity index is 652. The van der Waals surface area contributed by atoms with Crippen molar-refractivity contribution in [1.82, 2.24) is 4.90 Å². The molecule has 1 amide bonds. The van der Waals surface area contributed by atoms with Crippen molar-refractivity contribution in [1.29, 1.82) is 0 Å². The van der Waals surface area contributed by atoms with E-state index in [2.05, 4.69) is 0 Å².